The Morgan fingerprint density at radius 3 is 1.74 bits per heavy atom. The average molecular weight is 316 g/mol. The van der Waals surface area contributed by atoms with Crippen molar-refractivity contribution in [3.63, 3.8) is 0 Å². The van der Waals surface area contributed by atoms with Gasteiger partial charge in [-0.15, -0.1) is 0 Å². The largest absolute Gasteiger partial charge is 0.494 e. The summed E-state index contributed by atoms with van der Waals surface area (Å²) in [5.74, 6) is 1.13. The van der Waals surface area contributed by atoms with Crippen molar-refractivity contribution < 1.29 is 24.1 Å². The maximum absolute atomic E-state index is 10.4. The molecule has 0 radical (unpaired) electrons. The van der Waals surface area contributed by atoms with Gasteiger partial charge in [-0.3, -0.25) is 0 Å². The van der Waals surface area contributed by atoms with E-state index in [0.717, 1.165) is 24.3 Å². The summed E-state index contributed by atoms with van der Waals surface area (Å²) in [6.07, 6.45) is 1.80. The van der Waals surface area contributed by atoms with Gasteiger partial charge in [-0.25, -0.2) is 4.79 Å². The molecule has 0 unspecified atom stereocenters. The molecule has 0 aliphatic rings. The Hall–Kier alpha value is -2.69. The fraction of sp³-hybridized carbons (Fsp3) is 0.278. The summed E-state index contributed by atoms with van der Waals surface area (Å²) in [6.45, 7) is 0.921. The van der Waals surface area contributed by atoms with Crippen LogP contribution in [-0.2, 0) is 4.79 Å². The van der Waals surface area contributed by atoms with Crippen LogP contribution in [0.1, 0.15) is 12.8 Å². The summed E-state index contributed by atoms with van der Waals surface area (Å²) >= 11 is 0. The Morgan fingerprint density at radius 2 is 1.22 bits per heavy atom. The van der Waals surface area contributed by atoms with Gasteiger partial charge < -0.3 is 19.3 Å². The van der Waals surface area contributed by atoms with Crippen molar-refractivity contribution in [2.45, 2.75) is 12.8 Å². The molecule has 5 heteroatoms. The van der Waals surface area contributed by atoms with Gasteiger partial charge in [0.15, 0.2) is 6.61 Å². The second-order valence-corrected chi connectivity index (χ2v) is 4.87. The highest BCUT2D eigenvalue weighted by Gasteiger charge is 2.00. The second kappa shape index (κ2) is 9.35. The lowest BCUT2D eigenvalue weighted by Gasteiger charge is -2.08. The first-order chi connectivity index (χ1) is 11.2. The number of carboxylic acid groups (broad SMARTS) is 1. The fourth-order valence-electron chi connectivity index (χ4n) is 1.88. The minimum absolute atomic E-state index is 0.346. The first kappa shape index (κ1) is 16.7. The van der Waals surface area contributed by atoms with Crippen LogP contribution < -0.4 is 14.2 Å². The summed E-state index contributed by atoms with van der Waals surface area (Å²) in [5, 5.41) is 8.53. The highest BCUT2D eigenvalue weighted by molar-refractivity contribution is 5.68. The molecule has 0 saturated heterocycles. The fourth-order valence-corrected chi connectivity index (χ4v) is 1.88. The molecule has 0 heterocycles. The Bertz CT molecular complexity index is 580. The molecular formula is C18H20O5. The van der Waals surface area contributed by atoms with E-state index < -0.39 is 5.97 Å². The molecule has 5 nitrogen and oxygen atoms in total. The Balaban J connectivity index is 1.58. The molecule has 0 saturated carbocycles. The minimum Gasteiger partial charge on any atom is -0.494 e. The maximum Gasteiger partial charge on any atom is 0.341 e. The van der Waals surface area contributed by atoms with E-state index in [0.29, 0.717) is 19.0 Å². The zero-order valence-electron chi connectivity index (χ0n) is 12.8. The van der Waals surface area contributed by atoms with Gasteiger partial charge in [-0.2, -0.15) is 0 Å². The lowest BCUT2D eigenvalue weighted by atomic mass is 10.3. The topological polar surface area (TPSA) is 65.0 Å². The lowest BCUT2D eigenvalue weighted by Crippen LogP contribution is -2.09. The first-order valence-electron chi connectivity index (χ1n) is 7.49. The van der Waals surface area contributed by atoms with Crippen LogP contribution in [0.4, 0.5) is 0 Å². The molecule has 0 spiro atoms. The number of unbranched alkanes of at least 4 members (excludes halogenated alkanes) is 1. The quantitative estimate of drug-likeness (QED) is 0.681. The van der Waals surface area contributed by atoms with Crippen LogP contribution in [0.15, 0.2) is 54.6 Å². The van der Waals surface area contributed by atoms with Crippen molar-refractivity contribution in [1.29, 1.82) is 0 Å². The molecular weight excluding hydrogens is 296 g/mol. The van der Waals surface area contributed by atoms with Gasteiger partial charge in [-0.1, -0.05) is 18.2 Å². The van der Waals surface area contributed by atoms with Crippen molar-refractivity contribution in [1.82, 2.24) is 0 Å². The number of carboxylic acids is 1. The molecule has 0 bridgehead atoms. The summed E-state index contributed by atoms with van der Waals surface area (Å²) < 4.78 is 16.3. The normalized spacial score (nSPS) is 10.1. The van der Waals surface area contributed by atoms with Gasteiger partial charge in [0.2, 0.25) is 0 Å². The predicted octanol–water partition coefficient (Wildman–Crippen LogP) is 3.39. The summed E-state index contributed by atoms with van der Waals surface area (Å²) in [4.78, 5) is 10.4. The number of hydrogen-bond acceptors (Lipinski definition) is 4. The zero-order chi connectivity index (χ0) is 16.3. The molecule has 0 aromatic heterocycles. The molecule has 23 heavy (non-hydrogen) atoms. The number of ether oxygens (including phenoxy) is 3. The minimum atomic E-state index is -0.997. The Morgan fingerprint density at radius 1 is 0.739 bits per heavy atom. The highest BCUT2D eigenvalue weighted by Crippen LogP contribution is 2.17. The molecule has 1 N–H and O–H groups in total. The van der Waals surface area contributed by atoms with Crippen molar-refractivity contribution in [3.8, 4) is 17.2 Å². The van der Waals surface area contributed by atoms with Crippen LogP contribution >= 0.6 is 0 Å². The number of rotatable bonds is 10. The molecule has 0 amide bonds. The van der Waals surface area contributed by atoms with Crippen LogP contribution in [0.2, 0.25) is 0 Å². The van der Waals surface area contributed by atoms with Crippen LogP contribution in [0.5, 0.6) is 17.2 Å². The summed E-state index contributed by atoms with van der Waals surface area (Å²) in [7, 11) is 0. The van der Waals surface area contributed by atoms with E-state index >= 15 is 0 Å². The standard InChI is InChI=1S/C18H20O5/c19-18(20)14-23-17-10-8-16(9-11-17)22-13-5-4-12-21-15-6-2-1-3-7-15/h1-3,6-11H,4-5,12-14H2,(H,19,20). The van der Waals surface area contributed by atoms with Crippen molar-refractivity contribution >= 4 is 5.97 Å². The Labute approximate surface area is 135 Å². The van der Waals surface area contributed by atoms with Gasteiger partial charge in [0, 0.05) is 0 Å². The smallest absolute Gasteiger partial charge is 0.341 e. The van der Waals surface area contributed by atoms with Gasteiger partial charge >= 0.3 is 5.97 Å². The highest BCUT2D eigenvalue weighted by atomic mass is 16.5. The molecule has 0 fully saturated rings. The molecule has 0 aliphatic carbocycles. The first-order valence-corrected chi connectivity index (χ1v) is 7.49. The zero-order valence-corrected chi connectivity index (χ0v) is 12.8. The van der Waals surface area contributed by atoms with E-state index in [1.807, 2.05) is 30.3 Å². The number of benzene rings is 2. The molecule has 2 aromatic rings. The van der Waals surface area contributed by atoms with E-state index in [4.69, 9.17) is 19.3 Å². The van der Waals surface area contributed by atoms with Crippen LogP contribution in [-0.4, -0.2) is 30.9 Å². The van der Waals surface area contributed by atoms with Gasteiger partial charge in [0.25, 0.3) is 0 Å². The number of hydrogen-bond donors (Lipinski definition) is 1. The molecule has 122 valence electrons. The van der Waals surface area contributed by atoms with Crippen molar-refractivity contribution in [2.24, 2.45) is 0 Å². The van der Waals surface area contributed by atoms with E-state index in [1.54, 1.807) is 24.3 Å². The van der Waals surface area contributed by atoms with Crippen molar-refractivity contribution in [3.05, 3.63) is 54.6 Å². The van der Waals surface area contributed by atoms with E-state index in [2.05, 4.69) is 0 Å². The second-order valence-electron chi connectivity index (χ2n) is 4.87. The molecule has 0 aliphatic heterocycles. The monoisotopic (exact) mass is 316 g/mol. The lowest BCUT2D eigenvalue weighted by molar-refractivity contribution is -0.139. The molecule has 0 atom stereocenters. The molecule has 2 aromatic carbocycles. The Kier molecular flexibility index (Phi) is 6.78. The van der Waals surface area contributed by atoms with Crippen molar-refractivity contribution in [2.75, 3.05) is 19.8 Å². The number of aliphatic carboxylic acids is 1. The van der Waals surface area contributed by atoms with Gasteiger partial charge in [-0.05, 0) is 49.2 Å². The summed E-state index contributed by atoms with van der Waals surface area (Å²) in [6, 6.07) is 16.6. The van der Waals surface area contributed by atoms with Crippen LogP contribution in [0.25, 0.3) is 0 Å². The van der Waals surface area contributed by atoms with Crippen LogP contribution in [0.3, 0.4) is 0 Å². The summed E-state index contributed by atoms with van der Waals surface area (Å²) in [5.41, 5.74) is 0. The molecule has 2 rings (SSSR count). The number of para-hydroxylation sites is 1. The van der Waals surface area contributed by atoms with Gasteiger partial charge in [0.1, 0.15) is 17.2 Å². The van der Waals surface area contributed by atoms with E-state index in [-0.39, 0.29) is 6.61 Å². The SMILES string of the molecule is O=C(O)COc1ccc(OCCCCOc2ccccc2)cc1. The third-order valence-electron chi connectivity index (χ3n) is 3.01. The van der Waals surface area contributed by atoms with Crippen LogP contribution in [0, 0.1) is 0 Å². The average Bonchev–Trinajstić information content (AvgIpc) is 2.58. The maximum atomic E-state index is 10.4. The van der Waals surface area contributed by atoms with E-state index in [9.17, 15) is 4.79 Å². The van der Waals surface area contributed by atoms with Gasteiger partial charge in [0.05, 0.1) is 13.2 Å². The third kappa shape index (κ3) is 6.74. The number of carbonyl (C=O) groups is 1. The van der Waals surface area contributed by atoms with E-state index in [1.165, 1.54) is 0 Å². The third-order valence-corrected chi connectivity index (χ3v) is 3.01. The predicted molar refractivity (Wildman–Crippen MR) is 86.2 cm³/mol.